The molecule has 0 amide bonds. The molecule has 0 unspecified atom stereocenters. The molecule has 0 saturated heterocycles. The van der Waals surface area contributed by atoms with Gasteiger partial charge in [-0.2, -0.15) is 0 Å². The molecule has 1 aromatic rings. The van der Waals surface area contributed by atoms with Crippen LogP contribution in [0.2, 0.25) is 0 Å². The molecule has 1 fully saturated rings. The first-order valence-corrected chi connectivity index (χ1v) is 3.50. The summed E-state index contributed by atoms with van der Waals surface area (Å²) < 4.78 is 0. The summed E-state index contributed by atoms with van der Waals surface area (Å²) in [5.74, 6) is -0.713. The summed E-state index contributed by atoms with van der Waals surface area (Å²) in [6.45, 7) is 0. The van der Waals surface area contributed by atoms with Crippen molar-refractivity contribution >= 4 is 5.97 Å². The van der Waals surface area contributed by atoms with E-state index in [1.165, 1.54) is 0 Å². The minimum absolute atomic E-state index is 0.176. The number of H-pyrrole nitrogens is 1. The van der Waals surface area contributed by atoms with Gasteiger partial charge in [0, 0.05) is 17.8 Å². The lowest BCUT2D eigenvalue weighted by Gasteiger charge is -1.89. The maximum absolute atomic E-state index is 10.4. The van der Waals surface area contributed by atoms with Crippen LogP contribution in [0, 0.1) is 5.92 Å². The summed E-state index contributed by atoms with van der Waals surface area (Å²) in [7, 11) is 0. The van der Waals surface area contributed by atoms with Crippen molar-refractivity contribution in [1.29, 1.82) is 0 Å². The van der Waals surface area contributed by atoms with E-state index in [0.717, 1.165) is 12.1 Å². The quantitative estimate of drug-likeness (QED) is 0.652. The van der Waals surface area contributed by atoms with Gasteiger partial charge in [0.05, 0.1) is 12.2 Å². The zero-order chi connectivity index (χ0) is 7.84. The molecule has 2 rings (SSSR count). The standard InChI is InChI=1S/C7H8N2O2/c10-7(11)5-1-4(5)6-2-8-3-9-6/h2-5H,1H2,(H,8,9)(H,10,11)/t4-,5-/m0/s1. The van der Waals surface area contributed by atoms with Crippen LogP contribution >= 0.6 is 0 Å². The Morgan fingerprint density at radius 2 is 2.64 bits per heavy atom. The van der Waals surface area contributed by atoms with Crippen LogP contribution in [0.1, 0.15) is 18.0 Å². The molecule has 1 heterocycles. The van der Waals surface area contributed by atoms with Crippen molar-refractivity contribution in [3.05, 3.63) is 18.2 Å². The van der Waals surface area contributed by atoms with Crippen molar-refractivity contribution in [2.75, 3.05) is 0 Å². The Morgan fingerprint density at radius 3 is 3.09 bits per heavy atom. The van der Waals surface area contributed by atoms with Gasteiger partial charge < -0.3 is 10.1 Å². The molecule has 1 aliphatic carbocycles. The zero-order valence-corrected chi connectivity index (χ0v) is 5.82. The molecular weight excluding hydrogens is 144 g/mol. The van der Waals surface area contributed by atoms with Crippen molar-refractivity contribution in [1.82, 2.24) is 9.97 Å². The maximum Gasteiger partial charge on any atom is 0.307 e. The fraction of sp³-hybridized carbons (Fsp3) is 0.429. The van der Waals surface area contributed by atoms with Crippen LogP contribution in [0.15, 0.2) is 12.5 Å². The van der Waals surface area contributed by atoms with Crippen molar-refractivity contribution in [3.8, 4) is 0 Å². The predicted octanol–water partition coefficient (Wildman–Crippen LogP) is 0.598. The Kier molecular flexibility index (Phi) is 1.21. The molecule has 58 valence electrons. The molecule has 2 N–H and O–H groups in total. The number of carboxylic acids is 1. The third kappa shape index (κ3) is 1.00. The van der Waals surface area contributed by atoms with E-state index in [2.05, 4.69) is 9.97 Å². The van der Waals surface area contributed by atoms with Crippen molar-refractivity contribution in [3.63, 3.8) is 0 Å². The zero-order valence-electron chi connectivity index (χ0n) is 5.82. The van der Waals surface area contributed by atoms with Crippen molar-refractivity contribution in [2.24, 2.45) is 5.92 Å². The minimum Gasteiger partial charge on any atom is -0.481 e. The number of carbonyl (C=O) groups is 1. The minimum atomic E-state index is -0.704. The lowest BCUT2D eigenvalue weighted by Crippen LogP contribution is -1.98. The molecule has 1 aliphatic rings. The summed E-state index contributed by atoms with van der Waals surface area (Å²) in [6, 6.07) is 0. The Balaban J connectivity index is 2.08. The van der Waals surface area contributed by atoms with E-state index >= 15 is 0 Å². The van der Waals surface area contributed by atoms with E-state index in [1.54, 1.807) is 12.5 Å². The van der Waals surface area contributed by atoms with Gasteiger partial charge in [-0.1, -0.05) is 0 Å². The van der Waals surface area contributed by atoms with E-state index in [9.17, 15) is 4.79 Å². The summed E-state index contributed by atoms with van der Waals surface area (Å²) in [6.07, 6.45) is 4.01. The van der Waals surface area contributed by atoms with E-state index in [4.69, 9.17) is 5.11 Å². The Labute approximate surface area is 63.3 Å². The van der Waals surface area contributed by atoms with Gasteiger partial charge in [-0.3, -0.25) is 4.79 Å². The largest absolute Gasteiger partial charge is 0.481 e. The second-order valence-corrected chi connectivity index (χ2v) is 2.79. The van der Waals surface area contributed by atoms with Crippen molar-refractivity contribution < 1.29 is 9.90 Å². The van der Waals surface area contributed by atoms with E-state index in [-0.39, 0.29) is 11.8 Å². The summed E-state index contributed by atoms with van der Waals surface area (Å²) in [4.78, 5) is 17.2. The highest BCUT2D eigenvalue weighted by Gasteiger charge is 2.44. The second kappa shape index (κ2) is 2.08. The molecule has 4 heteroatoms. The summed E-state index contributed by atoms with van der Waals surface area (Å²) >= 11 is 0. The second-order valence-electron chi connectivity index (χ2n) is 2.79. The van der Waals surface area contributed by atoms with Crippen LogP contribution < -0.4 is 0 Å². The van der Waals surface area contributed by atoms with Gasteiger partial charge in [0.25, 0.3) is 0 Å². The number of hydrogen-bond donors (Lipinski definition) is 2. The smallest absolute Gasteiger partial charge is 0.307 e. The molecule has 0 aliphatic heterocycles. The van der Waals surface area contributed by atoms with Gasteiger partial charge in [0.2, 0.25) is 0 Å². The van der Waals surface area contributed by atoms with Crippen LogP contribution in [-0.4, -0.2) is 21.0 Å². The fourth-order valence-electron chi connectivity index (χ4n) is 1.28. The number of aromatic nitrogens is 2. The molecule has 11 heavy (non-hydrogen) atoms. The van der Waals surface area contributed by atoms with E-state index in [1.807, 2.05) is 0 Å². The normalized spacial score (nSPS) is 28.4. The molecule has 1 saturated carbocycles. The Bertz CT molecular complexity index is 268. The van der Waals surface area contributed by atoms with Crippen LogP contribution in [0.5, 0.6) is 0 Å². The molecule has 0 aromatic carbocycles. The average Bonchev–Trinajstić information content (AvgIpc) is 2.60. The highest BCUT2D eigenvalue weighted by atomic mass is 16.4. The number of nitrogens with one attached hydrogen (secondary N) is 1. The third-order valence-corrected chi connectivity index (χ3v) is 2.03. The number of aromatic amines is 1. The predicted molar refractivity (Wildman–Crippen MR) is 37.1 cm³/mol. The molecule has 4 nitrogen and oxygen atoms in total. The third-order valence-electron chi connectivity index (χ3n) is 2.03. The molecule has 0 bridgehead atoms. The number of imidazole rings is 1. The number of rotatable bonds is 2. The first kappa shape index (κ1) is 6.39. The van der Waals surface area contributed by atoms with Crippen LogP contribution in [-0.2, 0) is 4.79 Å². The van der Waals surface area contributed by atoms with Gasteiger partial charge in [-0.25, -0.2) is 4.98 Å². The number of aliphatic carboxylic acids is 1. The molecular formula is C7H8N2O2. The van der Waals surface area contributed by atoms with Gasteiger partial charge in [0.15, 0.2) is 0 Å². The molecule has 0 spiro atoms. The monoisotopic (exact) mass is 152 g/mol. The maximum atomic E-state index is 10.4. The Hall–Kier alpha value is -1.32. The number of carboxylic acid groups (broad SMARTS) is 1. The fourth-order valence-corrected chi connectivity index (χ4v) is 1.28. The lowest BCUT2D eigenvalue weighted by atomic mass is 10.2. The van der Waals surface area contributed by atoms with Gasteiger partial charge in [-0.05, 0) is 6.42 Å². The van der Waals surface area contributed by atoms with Crippen LogP contribution in [0.4, 0.5) is 0 Å². The summed E-state index contributed by atoms with van der Waals surface area (Å²) in [5, 5.41) is 8.59. The topological polar surface area (TPSA) is 66.0 Å². The highest BCUT2D eigenvalue weighted by molar-refractivity contribution is 5.74. The van der Waals surface area contributed by atoms with Crippen molar-refractivity contribution in [2.45, 2.75) is 12.3 Å². The first-order chi connectivity index (χ1) is 5.29. The van der Waals surface area contributed by atoms with E-state index < -0.39 is 5.97 Å². The summed E-state index contributed by atoms with van der Waals surface area (Å²) in [5.41, 5.74) is 0.942. The SMILES string of the molecule is O=C(O)[C@H]1C[C@@H]1c1cnc[nH]1. The molecule has 1 aromatic heterocycles. The van der Waals surface area contributed by atoms with E-state index in [0.29, 0.717) is 0 Å². The molecule has 0 radical (unpaired) electrons. The first-order valence-electron chi connectivity index (χ1n) is 3.50. The molecule has 2 atom stereocenters. The number of hydrogen-bond acceptors (Lipinski definition) is 2. The lowest BCUT2D eigenvalue weighted by molar-refractivity contribution is -0.138. The van der Waals surface area contributed by atoms with Gasteiger partial charge in [0.1, 0.15) is 0 Å². The highest BCUT2D eigenvalue weighted by Crippen LogP contribution is 2.46. The Morgan fingerprint density at radius 1 is 1.82 bits per heavy atom. The van der Waals surface area contributed by atoms with Crippen LogP contribution in [0.3, 0.4) is 0 Å². The average molecular weight is 152 g/mol. The van der Waals surface area contributed by atoms with Gasteiger partial charge >= 0.3 is 5.97 Å². The number of nitrogens with zero attached hydrogens (tertiary/aromatic N) is 1. The van der Waals surface area contributed by atoms with Gasteiger partial charge in [-0.15, -0.1) is 0 Å². The van der Waals surface area contributed by atoms with Crippen LogP contribution in [0.25, 0.3) is 0 Å².